The summed E-state index contributed by atoms with van der Waals surface area (Å²) in [6.07, 6.45) is 0.955. The van der Waals surface area contributed by atoms with Crippen LogP contribution in [0, 0.1) is 0 Å². The highest BCUT2D eigenvalue weighted by Crippen LogP contribution is 2.37. The van der Waals surface area contributed by atoms with E-state index in [0.717, 1.165) is 36.6 Å². The molecule has 0 bridgehead atoms. The van der Waals surface area contributed by atoms with Crippen LogP contribution in [0.5, 0.6) is 11.5 Å². The lowest BCUT2D eigenvalue weighted by Crippen LogP contribution is -2.33. The van der Waals surface area contributed by atoms with Crippen molar-refractivity contribution in [3.63, 3.8) is 0 Å². The Hall–Kier alpha value is -1.26. The monoisotopic (exact) mass is 251 g/mol. The van der Waals surface area contributed by atoms with E-state index in [0.29, 0.717) is 0 Å². The second kappa shape index (κ2) is 5.16. The molecule has 1 saturated heterocycles. The van der Waals surface area contributed by atoms with Crippen molar-refractivity contribution in [2.45, 2.75) is 11.8 Å². The molecule has 0 radical (unpaired) electrons. The van der Waals surface area contributed by atoms with Crippen LogP contribution in [0.2, 0.25) is 0 Å². The molecule has 1 heterocycles. The molecule has 1 N–H and O–H groups in total. The van der Waals surface area contributed by atoms with Crippen LogP contribution in [-0.2, 0) is 5.41 Å². The quantitative estimate of drug-likeness (QED) is 0.875. The van der Waals surface area contributed by atoms with Crippen LogP contribution in [-0.4, -0.2) is 51.0 Å². The van der Waals surface area contributed by atoms with Crippen molar-refractivity contribution in [3.05, 3.63) is 23.8 Å². The van der Waals surface area contributed by atoms with Crippen molar-refractivity contribution in [1.82, 2.24) is 4.90 Å². The third-order valence-corrected chi connectivity index (χ3v) is 3.81. The minimum atomic E-state index is -0.198. The van der Waals surface area contributed by atoms with Crippen molar-refractivity contribution in [1.29, 1.82) is 0 Å². The highest BCUT2D eigenvalue weighted by molar-refractivity contribution is 5.42. The summed E-state index contributed by atoms with van der Waals surface area (Å²) in [7, 11) is 5.37. The number of hydrogen-bond donors (Lipinski definition) is 1. The molecular formula is C14H21NO3. The average Bonchev–Trinajstić information content (AvgIpc) is 2.81. The van der Waals surface area contributed by atoms with Crippen molar-refractivity contribution in [3.8, 4) is 11.5 Å². The number of nitrogens with zero attached hydrogens (tertiary/aromatic N) is 1. The molecule has 4 heteroatoms. The molecule has 2 rings (SSSR count). The predicted octanol–water partition coefficient (Wildman–Crippen LogP) is 1.27. The van der Waals surface area contributed by atoms with E-state index in [-0.39, 0.29) is 12.0 Å². The van der Waals surface area contributed by atoms with Gasteiger partial charge in [0.15, 0.2) is 0 Å². The number of methoxy groups -OCH3 is 2. The van der Waals surface area contributed by atoms with Gasteiger partial charge in [-0.1, -0.05) is 0 Å². The lowest BCUT2D eigenvalue weighted by Gasteiger charge is -2.28. The number of rotatable bonds is 4. The molecule has 1 atom stereocenters. The Kier molecular flexibility index (Phi) is 3.78. The lowest BCUT2D eigenvalue weighted by molar-refractivity contribution is 0.194. The van der Waals surface area contributed by atoms with Crippen molar-refractivity contribution < 1.29 is 14.6 Å². The maximum absolute atomic E-state index is 9.81. The van der Waals surface area contributed by atoms with E-state index in [9.17, 15) is 5.11 Å². The summed E-state index contributed by atoms with van der Waals surface area (Å²) in [4.78, 5) is 2.24. The van der Waals surface area contributed by atoms with Crippen LogP contribution in [0.4, 0.5) is 0 Å². The standard InChI is InChI=1S/C14H21NO3/c1-15-5-4-14(9-15,10-16)11-6-12(17-2)8-13(7-11)18-3/h6-8,16H,4-5,9-10H2,1-3H3. The first kappa shape index (κ1) is 13.2. The maximum Gasteiger partial charge on any atom is 0.122 e. The van der Waals surface area contributed by atoms with Crippen molar-refractivity contribution in [2.75, 3.05) is 41.0 Å². The Bertz CT molecular complexity index is 399. The Morgan fingerprint density at radius 3 is 2.22 bits per heavy atom. The van der Waals surface area contributed by atoms with Gasteiger partial charge in [0, 0.05) is 18.0 Å². The fraction of sp³-hybridized carbons (Fsp3) is 0.571. The lowest BCUT2D eigenvalue weighted by atomic mass is 9.80. The zero-order chi connectivity index (χ0) is 13.2. The summed E-state index contributed by atoms with van der Waals surface area (Å²) in [5.74, 6) is 1.54. The molecule has 18 heavy (non-hydrogen) atoms. The second-order valence-electron chi connectivity index (χ2n) is 5.03. The maximum atomic E-state index is 9.81. The van der Waals surface area contributed by atoms with E-state index < -0.39 is 0 Å². The zero-order valence-electron chi connectivity index (χ0n) is 11.3. The van der Waals surface area contributed by atoms with E-state index in [2.05, 4.69) is 11.9 Å². The molecule has 1 unspecified atom stereocenters. The molecule has 0 aliphatic carbocycles. The number of aliphatic hydroxyl groups is 1. The molecule has 1 aliphatic rings. The Balaban J connectivity index is 2.41. The van der Waals surface area contributed by atoms with Gasteiger partial charge in [0.05, 0.1) is 20.8 Å². The van der Waals surface area contributed by atoms with Crippen molar-refractivity contribution in [2.24, 2.45) is 0 Å². The number of hydrogen-bond acceptors (Lipinski definition) is 4. The third kappa shape index (κ3) is 2.31. The predicted molar refractivity (Wildman–Crippen MR) is 70.4 cm³/mol. The molecule has 1 aromatic rings. The highest BCUT2D eigenvalue weighted by Gasteiger charge is 2.38. The highest BCUT2D eigenvalue weighted by atomic mass is 16.5. The van der Waals surface area contributed by atoms with Gasteiger partial charge in [-0.2, -0.15) is 0 Å². The van der Waals surface area contributed by atoms with Gasteiger partial charge in [-0.3, -0.25) is 0 Å². The Morgan fingerprint density at radius 2 is 1.83 bits per heavy atom. The summed E-state index contributed by atoms with van der Waals surface area (Å²) < 4.78 is 10.6. The van der Waals surface area contributed by atoms with E-state index in [4.69, 9.17) is 9.47 Å². The molecule has 1 fully saturated rings. The van der Waals surface area contributed by atoms with Gasteiger partial charge in [-0.15, -0.1) is 0 Å². The van der Waals surface area contributed by atoms with Gasteiger partial charge in [0.25, 0.3) is 0 Å². The molecule has 0 saturated carbocycles. The van der Waals surface area contributed by atoms with Gasteiger partial charge >= 0.3 is 0 Å². The summed E-state index contributed by atoms with van der Waals surface area (Å²) in [5.41, 5.74) is 0.891. The SMILES string of the molecule is COc1cc(OC)cc(C2(CO)CCN(C)C2)c1. The van der Waals surface area contributed by atoms with Crippen molar-refractivity contribution >= 4 is 0 Å². The van der Waals surface area contributed by atoms with E-state index >= 15 is 0 Å². The molecule has 0 spiro atoms. The molecular weight excluding hydrogens is 230 g/mol. The van der Waals surface area contributed by atoms with Gasteiger partial charge in [0.2, 0.25) is 0 Å². The van der Waals surface area contributed by atoms with Gasteiger partial charge in [0.1, 0.15) is 11.5 Å². The Labute approximate surface area is 108 Å². The van der Waals surface area contributed by atoms with Gasteiger partial charge < -0.3 is 19.5 Å². The normalized spacial score (nSPS) is 24.2. The largest absolute Gasteiger partial charge is 0.497 e. The number of ether oxygens (including phenoxy) is 2. The van der Waals surface area contributed by atoms with Crippen LogP contribution < -0.4 is 9.47 Å². The van der Waals surface area contributed by atoms with Crippen LogP contribution in [0.15, 0.2) is 18.2 Å². The molecule has 100 valence electrons. The number of likely N-dealkylation sites (N-methyl/N-ethyl adjacent to an activating group) is 1. The third-order valence-electron chi connectivity index (χ3n) is 3.81. The summed E-state index contributed by atoms with van der Waals surface area (Å²) >= 11 is 0. The molecule has 4 nitrogen and oxygen atoms in total. The van der Waals surface area contributed by atoms with Crippen LogP contribution in [0.3, 0.4) is 0 Å². The first-order chi connectivity index (χ1) is 8.63. The van der Waals surface area contributed by atoms with Crippen LogP contribution in [0.25, 0.3) is 0 Å². The minimum absolute atomic E-state index is 0.146. The Morgan fingerprint density at radius 1 is 1.22 bits per heavy atom. The van der Waals surface area contributed by atoms with E-state index in [1.165, 1.54) is 0 Å². The summed E-state index contributed by atoms with van der Waals surface area (Å²) in [6.45, 7) is 2.01. The number of aliphatic hydroxyl groups excluding tert-OH is 1. The van der Waals surface area contributed by atoms with E-state index in [1.54, 1.807) is 14.2 Å². The summed E-state index contributed by atoms with van der Waals surface area (Å²) in [5, 5.41) is 9.81. The fourth-order valence-corrected chi connectivity index (χ4v) is 2.65. The molecule has 0 aromatic heterocycles. The molecule has 1 aromatic carbocycles. The zero-order valence-corrected chi connectivity index (χ0v) is 11.3. The second-order valence-corrected chi connectivity index (χ2v) is 5.03. The number of likely N-dealkylation sites (tertiary alicyclic amines) is 1. The molecule has 0 amide bonds. The topological polar surface area (TPSA) is 41.9 Å². The van der Waals surface area contributed by atoms with Gasteiger partial charge in [-0.05, 0) is 37.7 Å². The first-order valence-electron chi connectivity index (χ1n) is 6.16. The van der Waals surface area contributed by atoms with Crippen LogP contribution in [0.1, 0.15) is 12.0 Å². The summed E-state index contributed by atoms with van der Waals surface area (Å²) in [6, 6.07) is 5.85. The first-order valence-corrected chi connectivity index (χ1v) is 6.16. The smallest absolute Gasteiger partial charge is 0.122 e. The van der Waals surface area contributed by atoms with E-state index in [1.807, 2.05) is 18.2 Å². The molecule has 1 aliphatic heterocycles. The number of benzene rings is 1. The van der Waals surface area contributed by atoms with Gasteiger partial charge in [-0.25, -0.2) is 0 Å². The fourth-order valence-electron chi connectivity index (χ4n) is 2.65. The van der Waals surface area contributed by atoms with Crippen LogP contribution >= 0.6 is 0 Å². The average molecular weight is 251 g/mol. The minimum Gasteiger partial charge on any atom is -0.497 e.